The number of rotatable bonds is 1. The second-order valence-corrected chi connectivity index (χ2v) is 7.12. The molecule has 2 aliphatic heterocycles. The van der Waals surface area contributed by atoms with Gasteiger partial charge in [0.25, 0.3) is 11.8 Å². The minimum Gasteiger partial charge on any atom is -0.267 e. The molecule has 2 aliphatic rings. The first-order valence-electron chi connectivity index (χ1n) is 7.14. The third-order valence-corrected chi connectivity index (χ3v) is 4.39. The van der Waals surface area contributed by atoms with E-state index in [1.54, 1.807) is 29.2 Å². The molecule has 0 saturated carbocycles. The predicted molar refractivity (Wildman–Crippen MR) is 77.0 cm³/mol. The number of carbonyl (C=O) groups is 2. The van der Waals surface area contributed by atoms with Gasteiger partial charge in [-0.05, 0) is 39.8 Å². The lowest BCUT2D eigenvalue weighted by Crippen LogP contribution is -2.43. The number of fused-ring (bicyclic) bond motifs is 2. The monoisotopic (exact) mass is 286 g/mol. The highest BCUT2D eigenvalue weighted by molar-refractivity contribution is 6.30. The van der Waals surface area contributed by atoms with E-state index in [0.29, 0.717) is 11.1 Å². The van der Waals surface area contributed by atoms with E-state index in [-0.39, 0.29) is 22.9 Å². The van der Waals surface area contributed by atoms with Crippen molar-refractivity contribution in [2.75, 3.05) is 5.01 Å². The van der Waals surface area contributed by atoms with Crippen LogP contribution in [0, 0.1) is 0 Å². The maximum Gasteiger partial charge on any atom is 0.283 e. The summed E-state index contributed by atoms with van der Waals surface area (Å²) in [5.74, 6) is -0.506. The van der Waals surface area contributed by atoms with E-state index in [0.717, 1.165) is 6.42 Å². The smallest absolute Gasteiger partial charge is 0.267 e. The van der Waals surface area contributed by atoms with E-state index in [2.05, 4.69) is 27.7 Å². The van der Waals surface area contributed by atoms with Crippen molar-refractivity contribution in [3.63, 3.8) is 0 Å². The maximum atomic E-state index is 12.6. The van der Waals surface area contributed by atoms with Gasteiger partial charge in [-0.15, -0.1) is 5.01 Å². The van der Waals surface area contributed by atoms with E-state index < -0.39 is 0 Å². The van der Waals surface area contributed by atoms with Gasteiger partial charge in [-0.3, -0.25) is 9.59 Å². The Morgan fingerprint density at radius 3 is 1.71 bits per heavy atom. The lowest BCUT2D eigenvalue weighted by Gasteiger charge is -2.25. The Morgan fingerprint density at radius 1 is 0.857 bits per heavy atom. The zero-order chi connectivity index (χ0) is 15.2. The zero-order valence-electron chi connectivity index (χ0n) is 12.6. The molecule has 2 amide bonds. The van der Waals surface area contributed by atoms with Crippen molar-refractivity contribution in [2.45, 2.75) is 45.2 Å². The number of carbonyl (C=O) groups excluding carboxylic acids is 2. The number of hydrogen-bond acceptors (Lipinski definition) is 2. The molecule has 0 N–H and O–H groups in total. The van der Waals surface area contributed by atoms with Crippen LogP contribution >= 0.6 is 0 Å². The molecule has 0 bridgehead atoms. The molecule has 110 valence electrons. The summed E-state index contributed by atoms with van der Waals surface area (Å²) in [5, 5.41) is 1.24. The molecule has 0 fully saturated rings. The average molecular weight is 286 g/mol. The number of hydrogen-bond donors (Lipinski definition) is 0. The van der Waals surface area contributed by atoms with Crippen LogP contribution in [0.3, 0.4) is 0 Å². The second-order valence-electron chi connectivity index (χ2n) is 7.12. The van der Waals surface area contributed by atoms with Crippen molar-refractivity contribution in [1.82, 2.24) is 14.5 Å². The van der Waals surface area contributed by atoms with Gasteiger partial charge in [-0.25, -0.2) is 0 Å². The number of benzene rings is 1. The van der Waals surface area contributed by atoms with E-state index in [1.807, 2.05) is 9.59 Å². The molecule has 0 unspecified atom stereocenters. The number of amides is 2. The molecule has 6 heteroatoms. The van der Waals surface area contributed by atoms with Gasteiger partial charge in [0.1, 0.15) is 0 Å². The minimum absolute atomic E-state index is 0.112. The molecule has 4 rings (SSSR count). The Bertz CT molecular complexity index is 726. The van der Waals surface area contributed by atoms with Crippen LogP contribution < -0.4 is 5.01 Å². The third-order valence-electron chi connectivity index (χ3n) is 4.39. The van der Waals surface area contributed by atoms with Crippen LogP contribution in [-0.4, -0.2) is 26.3 Å². The fraction of sp³-hybridized carbons (Fsp3) is 0.467. The Labute approximate surface area is 122 Å². The Balaban J connectivity index is 1.83. The van der Waals surface area contributed by atoms with Gasteiger partial charge < -0.3 is 0 Å². The van der Waals surface area contributed by atoms with Crippen LogP contribution in [-0.2, 0) is 11.1 Å². The highest BCUT2D eigenvalue weighted by Crippen LogP contribution is 2.43. The maximum absolute atomic E-state index is 12.6. The van der Waals surface area contributed by atoms with E-state index in [1.165, 1.54) is 5.01 Å². The van der Waals surface area contributed by atoms with Gasteiger partial charge in [0.2, 0.25) is 0 Å². The van der Waals surface area contributed by atoms with Crippen molar-refractivity contribution < 1.29 is 9.59 Å². The van der Waals surface area contributed by atoms with Crippen LogP contribution in [0.25, 0.3) is 0 Å². The SMILES string of the molecule is CC1(C)CC(C)(C)n2n(N3C(=O)c4ccccc4C3=O)n21. The lowest BCUT2D eigenvalue weighted by atomic mass is 9.90. The van der Waals surface area contributed by atoms with E-state index in [4.69, 9.17) is 0 Å². The molecule has 2 aromatic rings. The highest BCUT2D eigenvalue weighted by Gasteiger charge is 2.55. The predicted octanol–water partition coefficient (Wildman–Crippen LogP) is 1.90. The van der Waals surface area contributed by atoms with Crippen molar-refractivity contribution >= 4 is 11.8 Å². The fourth-order valence-corrected chi connectivity index (χ4v) is 3.83. The normalized spacial score (nSPS) is 22.0. The fourth-order valence-electron chi connectivity index (χ4n) is 3.83. The molecule has 0 spiro atoms. The second kappa shape index (κ2) is 3.32. The average Bonchev–Trinajstić information content (AvgIpc) is 3.04. The van der Waals surface area contributed by atoms with Gasteiger partial charge in [0.05, 0.1) is 22.2 Å². The summed E-state index contributed by atoms with van der Waals surface area (Å²) >= 11 is 0. The van der Waals surface area contributed by atoms with E-state index >= 15 is 0 Å². The summed E-state index contributed by atoms with van der Waals surface area (Å²) in [5.41, 5.74) is 0.730. The third kappa shape index (κ3) is 1.37. The number of nitrogens with zero attached hydrogens (tertiary/aromatic N) is 4. The lowest BCUT2D eigenvalue weighted by molar-refractivity contribution is 0.0864. The highest BCUT2D eigenvalue weighted by atomic mass is 16.2. The number of aromatic nitrogens is 3. The topological polar surface area (TPSA) is 52.2 Å². The Morgan fingerprint density at radius 2 is 1.29 bits per heavy atom. The van der Waals surface area contributed by atoms with Gasteiger partial charge in [-0.2, -0.15) is 9.59 Å². The van der Waals surface area contributed by atoms with Crippen molar-refractivity contribution in [3.8, 4) is 0 Å². The van der Waals surface area contributed by atoms with Crippen LogP contribution in [0.1, 0.15) is 54.8 Å². The molecule has 1 aromatic carbocycles. The van der Waals surface area contributed by atoms with Crippen LogP contribution in [0.5, 0.6) is 0 Å². The molecular weight excluding hydrogens is 268 g/mol. The van der Waals surface area contributed by atoms with Crippen molar-refractivity contribution in [2.24, 2.45) is 0 Å². The van der Waals surface area contributed by atoms with Gasteiger partial charge in [-0.1, -0.05) is 17.0 Å². The minimum atomic E-state index is -0.253. The first kappa shape index (κ1) is 12.5. The molecule has 0 radical (unpaired) electrons. The van der Waals surface area contributed by atoms with Crippen LogP contribution in [0.2, 0.25) is 0 Å². The molecule has 6 nitrogen and oxygen atoms in total. The summed E-state index contributed by atoms with van der Waals surface area (Å²) in [7, 11) is 0. The molecule has 3 heterocycles. The first-order chi connectivity index (χ1) is 9.76. The zero-order valence-corrected chi connectivity index (χ0v) is 12.6. The van der Waals surface area contributed by atoms with Crippen molar-refractivity contribution in [3.05, 3.63) is 35.4 Å². The number of imide groups is 1. The molecule has 1 aromatic heterocycles. The standard InChI is InChI=1S/C15H18N4O2/c1-14(2)9-15(3,4)18-17(14)19(18)16-12(20)10-7-5-6-8-11(10)13(16)21/h5-8H,9H2,1-4H3. The molecule has 0 atom stereocenters. The largest absolute Gasteiger partial charge is 0.283 e. The first-order valence-corrected chi connectivity index (χ1v) is 7.14. The summed E-state index contributed by atoms with van der Waals surface area (Å²) < 4.78 is 0. The van der Waals surface area contributed by atoms with Crippen molar-refractivity contribution in [1.29, 1.82) is 0 Å². The molecule has 21 heavy (non-hydrogen) atoms. The van der Waals surface area contributed by atoms with Gasteiger partial charge in [0, 0.05) is 6.42 Å². The molecule has 0 aliphatic carbocycles. The summed E-state index contributed by atoms with van der Waals surface area (Å²) in [6, 6.07) is 6.97. The van der Waals surface area contributed by atoms with E-state index in [9.17, 15) is 9.59 Å². The Hall–Kier alpha value is -2.24. The Kier molecular flexibility index (Phi) is 1.98. The van der Waals surface area contributed by atoms with Crippen LogP contribution in [0.15, 0.2) is 24.3 Å². The molecular formula is C15H18N4O2. The summed E-state index contributed by atoms with van der Waals surface area (Å²) in [6.45, 7) is 8.47. The quantitative estimate of drug-likeness (QED) is 0.752. The molecule has 0 saturated heterocycles. The van der Waals surface area contributed by atoms with Crippen LogP contribution in [0.4, 0.5) is 0 Å². The summed E-state index contributed by atoms with van der Waals surface area (Å²) in [4.78, 5) is 30.8. The van der Waals surface area contributed by atoms with Gasteiger partial charge in [0.15, 0.2) is 0 Å². The van der Waals surface area contributed by atoms with Gasteiger partial charge >= 0.3 is 0 Å². The summed E-state index contributed by atoms with van der Waals surface area (Å²) in [6.07, 6.45) is 0.972.